The van der Waals surface area contributed by atoms with Crippen molar-refractivity contribution < 1.29 is 26.0 Å². The second-order valence-corrected chi connectivity index (χ2v) is 10.1. The first-order valence-corrected chi connectivity index (χ1v) is 12.7. The highest BCUT2D eigenvalue weighted by molar-refractivity contribution is 7.91. The van der Waals surface area contributed by atoms with Crippen molar-refractivity contribution >= 4 is 26.6 Å². The highest BCUT2D eigenvalue weighted by Gasteiger charge is 2.34. The molecule has 0 amide bonds. The van der Waals surface area contributed by atoms with Crippen LogP contribution >= 0.6 is 0 Å². The lowest BCUT2D eigenvalue weighted by Gasteiger charge is -2.16. The summed E-state index contributed by atoms with van der Waals surface area (Å²) in [7, 11) is -3.93. The third-order valence-corrected chi connectivity index (χ3v) is 7.01. The molecular weight excluding hydrogens is 506 g/mol. The number of benzene rings is 4. The lowest BCUT2D eigenvalue weighted by molar-refractivity contribution is -0.137. The molecule has 4 aromatic carbocycles. The van der Waals surface area contributed by atoms with Crippen molar-refractivity contribution in [1.29, 1.82) is 0 Å². The Kier molecular flexibility index (Phi) is 6.20. The Morgan fingerprint density at radius 2 is 1.59 bits per heavy atom. The zero-order chi connectivity index (χ0) is 26.2. The van der Waals surface area contributed by atoms with Crippen LogP contribution in [-0.2, 0) is 22.0 Å². The molecule has 10 heteroatoms. The molecule has 5 nitrogen and oxygen atoms in total. The number of nitrogens with one attached hydrogen (secondary N) is 1. The molecule has 1 heterocycles. The number of aromatic nitrogens is 2. The number of anilines is 1. The summed E-state index contributed by atoms with van der Waals surface area (Å²) in [4.78, 5) is 0. The van der Waals surface area contributed by atoms with E-state index in [-0.39, 0.29) is 22.6 Å². The fourth-order valence-corrected chi connectivity index (χ4v) is 5.28. The monoisotopic (exact) mass is 525 g/mol. The predicted molar refractivity (Wildman–Crippen MR) is 134 cm³/mol. The van der Waals surface area contributed by atoms with E-state index in [9.17, 15) is 26.0 Å². The maximum absolute atomic E-state index is 14.0. The van der Waals surface area contributed by atoms with Gasteiger partial charge in [-0.15, -0.1) is 0 Å². The van der Waals surface area contributed by atoms with Gasteiger partial charge < -0.3 is 0 Å². The van der Waals surface area contributed by atoms with E-state index in [4.69, 9.17) is 0 Å². The maximum Gasteiger partial charge on any atom is 0.417 e. The summed E-state index contributed by atoms with van der Waals surface area (Å²) in [6.45, 7) is 0. The number of rotatable bonds is 6. The van der Waals surface area contributed by atoms with Crippen LogP contribution in [0, 0.1) is 5.82 Å². The molecule has 37 heavy (non-hydrogen) atoms. The van der Waals surface area contributed by atoms with Crippen LogP contribution in [-0.4, -0.2) is 18.2 Å². The van der Waals surface area contributed by atoms with Crippen LogP contribution in [0.25, 0.3) is 27.7 Å². The Bertz CT molecular complexity index is 1680. The summed E-state index contributed by atoms with van der Waals surface area (Å²) in [5, 5.41) is 4.87. The third kappa shape index (κ3) is 5.34. The van der Waals surface area contributed by atoms with Gasteiger partial charge in [-0.3, -0.25) is 4.72 Å². The SMILES string of the molecule is O=S(=O)(Cc1ccccc1)Nc1ccc(-c2ccc3c(cnn3-c3ccc(F)cc3)c2)c(C(F)(F)F)c1. The third-order valence-electron chi connectivity index (χ3n) is 5.75. The molecule has 0 saturated heterocycles. The predicted octanol–water partition coefficient (Wildman–Crippen LogP) is 6.79. The van der Waals surface area contributed by atoms with Gasteiger partial charge in [-0.05, 0) is 65.2 Å². The first-order chi connectivity index (χ1) is 17.6. The van der Waals surface area contributed by atoms with E-state index in [1.807, 2.05) is 0 Å². The van der Waals surface area contributed by atoms with Crippen LogP contribution in [0.1, 0.15) is 11.1 Å². The molecule has 0 aliphatic rings. The molecule has 0 unspecified atom stereocenters. The minimum Gasteiger partial charge on any atom is -0.283 e. The van der Waals surface area contributed by atoms with Gasteiger partial charge in [0.15, 0.2) is 0 Å². The second-order valence-electron chi connectivity index (χ2n) is 8.41. The van der Waals surface area contributed by atoms with Gasteiger partial charge in [0.2, 0.25) is 10.0 Å². The number of sulfonamides is 1. The van der Waals surface area contributed by atoms with Crippen molar-refractivity contribution in [3.8, 4) is 16.8 Å². The summed E-state index contributed by atoms with van der Waals surface area (Å²) in [5.41, 5.74) is 0.778. The Labute approximate surface area is 210 Å². The van der Waals surface area contributed by atoms with Crippen LogP contribution < -0.4 is 4.72 Å². The van der Waals surface area contributed by atoms with Crippen molar-refractivity contribution in [2.24, 2.45) is 0 Å². The van der Waals surface area contributed by atoms with E-state index in [2.05, 4.69) is 9.82 Å². The van der Waals surface area contributed by atoms with Gasteiger partial charge in [0.25, 0.3) is 0 Å². The molecular formula is C27H19F4N3O2S. The van der Waals surface area contributed by atoms with Gasteiger partial charge in [0.1, 0.15) is 5.82 Å². The van der Waals surface area contributed by atoms with Crippen LogP contribution in [0.3, 0.4) is 0 Å². The zero-order valence-corrected chi connectivity index (χ0v) is 19.9. The molecule has 5 rings (SSSR count). The molecule has 0 atom stereocenters. The second kappa shape index (κ2) is 9.36. The van der Waals surface area contributed by atoms with Crippen molar-refractivity contribution in [2.75, 3.05) is 4.72 Å². The molecule has 5 aromatic rings. The zero-order valence-electron chi connectivity index (χ0n) is 19.1. The first-order valence-electron chi connectivity index (χ1n) is 11.1. The Hall–Kier alpha value is -4.18. The fraction of sp³-hybridized carbons (Fsp3) is 0.0741. The van der Waals surface area contributed by atoms with E-state index in [0.29, 0.717) is 22.2 Å². The normalized spacial score (nSPS) is 12.1. The maximum atomic E-state index is 14.0. The average Bonchev–Trinajstić information content (AvgIpc) is 3.27. The topological polar surface area (TPSA) is 64.0 Å². The lowest BCUT2D eigenvalue weighted by Crippen LogP contribution is -2.16. The number of halogens is 4. The number of hydrogen-bond donors (Lipinski definition) is 1. The number of alkyl halides is 3. The minimum atomic E-state index is -4.73. The Morgan fingerprint density at radius 1 is 0.865 bits per heavy atom. The number of fused-ring (bicyclic) bond motifs is 1. The Morgan fingerprint density at radius 3 is 2.30 bits per heavy atom. The van der Waals surface area contributed by atoms with Crippen molar-refractivity contribution in [3.63, 3.8) is 0 Å². The lowest BCUT2D eigenvalue weighted by atomic mass is 9.97. The van der Waals surface area contributed by atoms with E-state index in [1.165, 1.54) is 36.5 Å². The van der Waals surface area contributed by atoms with E-state index in [0.717, 1.165) is 6.07 Å². The molecule has 0 aliphatic carbocycles. The molecule has 0 aliphatic heterocycles. The molecule has 0 bridgehead atoms. The van der Waals surface area contributed by atoms with Crippen molar-refractivity contribution in [2.45, 2.75) is 11.9 Å². The fourth-order valence-electron chi connectivity index (χ4n) is 4.09. The van der Waals surface area contributed by atoms with Crippen LogP contribution in [0.5, 0.6) is 0 Å². The summed E-state index contributed by atoms with van der Waals surface area (Å²) in [6.07, 6.45) is -3.22. The average molecular weight is 526 g/mol. The van der Waals surface area contributed by atoms with Crippen molar-refractivity contribution in [3.05, 3.63) is 114 Å². The molecule has 0 spiro atoms. The molecule has 1 aromatic heterocycles. The summed E-state index contributed by atoms with van der Waals surface area (Å²) in [6, 6.07) is 22.1. The molecule has 188 valence electrons. The summed E-state index contributed by atoms with van der Waals surface area (Å²) >= 11 is 0. The van der Waals surface area contributed by atoms with Gasteiger partial charge in [-0.25, -0.2) is 17.5 Å². The molecule has 1 N–H and O–H groups in total. The Balaban J connectivity index is 1.49. The minimum absolute atomic E-state index is 0.102. The van der Waals surface area contributed by atoms with E-state index in [1.54, 1.807) is 59.3 Å². The highest BCUT2D eigenvalue weighted by atomic mass is 32.2. The smallest absolute Gasteiger partial charge is 0.283 e. The van der Waals surface area contributed by atoms with Gasteiger partial charge >= 0.3 is 6.18 Å². The van der Waals surface area contributed by atoms with Gasteiger partial charge in [0, 0.05) is 11.1 Å². The number of hydrogen-bond acceptors (Lipinski definition) is 3. The standard InChI is InChI=1S/C27H19F4N3O2S/c28-21-7-10-23(11-8-21)34-26-13-6-19(14-20(26)16-32-34)24-12-9-22(15-25(24)27(29,30)31)33-37(35,36)17-18-4-2-1-3-5-18/h1-16,33H,17H2. The van der Waals surface area contributed by atoms with Crippen LogP contribution in [0.15, 0.2) is 97.2 Å². The molecule has 0 fully saturated rings. The van der Waals surface area contributed by atoms with Gasteiger partial charge in [-0.1, -0.05) is 42.5 Å². The van der Waals surface area contributed by atoms with Gasteiger partial charge in [-0.2, -0.15) is 18.3 Å². The van der Waals surface area contributed by atoms with E-state index < -0.39 is 27.6 Å². The largest absolute Gasteiger partial charge is 0.417 e. The summed E-state index contributed by atoms with van der Waals surface area (Å²) in [5.74, 6) is -0.765. The van der Waals surface area contributed by atoms with Crippen LogP contribution in [0.4, 0.5) is 23.2 Å². The quantitative estimate of drug-likeness (QED) is 0.248. The summed E-state index contributed by atoms with van der Waals surface area (Å²) < 4.78 is 84.3. The van der Waals surface area contributed by atoms with E-state index >= 15 is 0 Å². The molecule has 0 saturated carbocycles. The highest BCUT2D eigenvalue weighted by Crippen LogP contribution is 2.39. The molecule has 0 radical (unpaired) electrons. The first kappa shape index (κ1) is 24.5. The van der Waals surface area contributed by atoms with Crippen molar-refractivity contribution in [1.82, 2.24) is 9.78 Å². The number of nitrogens with zero attached hydrogens (tertiary/aromatic N) is 2. The van der Waals surface area contributed by atoms with Crippen LogP contribution in [0.2, 0.25) is 0 Å². The van der Waals surface area contributed by atoms with Gasteiger partial charge in [0.05, 0.1) is 28.7 Å².